The van der Waals surface area contributed by atoms with E-state index in [4.69, 9.17) is 14.2 Å². The average Bonchev–Trinajstić information content (AvgIpc) is 2.87. The molecule has 3 rings (SSSR count). The van der Waals surface area contributed by atoms with Crippen molar-refractivity contribution in [1.29, 1.82) is 0 Å². The predicted molar refractivity (Wildman–Crippen MR) is 123 cm³/mol. The maximum atomic E-state index is 12.9. The standard InChI is InChI=1S/C23H26N2O8S/c1-31-21-10-9-19(34(29,30)25-11-3-2-4-12-25)13-20(21)24-22(27)15-33-23(28)16-32-18-7-5-17(14-26)6-8-18/h5-10,13-14H,2-4,11-12,15-16H2,1H3,(H,24,27). The molecule has 11 heteroatoms. The number of esters is 1. The van der Waals surface area contributed by atoms with E-state index >= 15 is 0 Å². The summed E-state index contributed by atoms with van der Waals surface area (Å²) in [4.78, 5) is 34.9. The predicted octanol–water partition coefficient (Wildman–Crippen LogP) is 2.24. The molecule has 1 N–H and O–H groups in total. The van der Waals surface area contributed by atoms with Gasteiger partial charge in [-0.3, -0.25) is 9.59 Å². The first-order chi connectivity index (χ1) is 16.3. The van der Waals surface area contributed by atoms with E-state index in [0.29, 0.717) is 30.7 Å². The topological polar surface area (TPSA) is 128 Å². The zero-order valence-corrected chi connectivity index (χ0v) is 19.5. The number of hydrogen-bond acceptors (Lipinski definition) is 8. The highest BCUT2D eigenvalue weighted by Crippen LogP contribution is 2.30. The number of benzene rings is 2. The van der Waals surface area contributed by atoms with Crippen molar-refractivity contribution in [2.75, 3.05) is 38.7 Å². The van der Waals surface area contributed by atoms with Crippen LogP contribution in [0.25, 0.3) is 0 Å². The molecule has 0 radical (unpaired) electrons. The summed E-state index contributed by atoms with van der Waals surface area (Å²) in [5.41, 5.74) is 0.614. The summed E-state index contributed by atoms with van der Waals surface area (Å²) in [6.45, 7) is -0.121. The number of ether oxygens (including phenoxy) is 3. The molecular formula is C23H26N2O8S. The van der Waals surface area contributed by atoms with Crippen LogP contribution in [0.1, 0.15) is 29.6 Å². The van der Waals surface area contributed by atoms with Crippen molar-refractivity contribution in [3.8, 4) is 11.5 Å². The zero-order valence-electron chi connectivity index (χ0n) is 18.7. The molecule has 0 aliphatic carbocycles. The van der Waals surface area contributed by atoms with Gasteiger partial charge >= 0.3 is 5.97 Å². The van der Waals surface area contributed by atoms with Crippen LogP contribution in [0.5, 0.6) is 11.5 Å². The fourth-order valence-corrected chi connectivity index (χ4v) is 4.90. The van der Waals surface area contributed by atoms with Gasteiger partial charge in [-0.15, -0.1) is 0 Å². The van der Waals surface area contributed by atoms with Gasteiger partial charge < -0.3 is 19.5 Å². The molecule has 2 aromatic carbocycles. The molecule has 1 fully saturated rings. The molecule has 1 aliphatic heterocycles. The Kier molecular flexibility index (Phi) is 8.61. The molecule has 0 unspecified atom stereocenters. The molecule has 10 nitrogen and oxygen atoms in total. The second-order valence-electron chi connectivity index (χ2n) is 7.51. The monoisotopic (exact) mass is 490 g/mol. The van der Waals surface area contributed by atoms with Gasteiger partial charge in [0.2, 0.25) is 10.0 Å². The molecule has 0 saturated carbocycles. The number of hydrogen-bond donors (Lipinski definition) is 1. The van der Waals surface area contributed by atoms with E-state index in [0.717, 1.165) is 19.3 Å². The van der Waals surface area contributed by atoms with Crippen molar-refractivity contribution in [2.45, 2.75) is 24.2 Å². The van der Waals surface area contributed by atoms with Gasteiger partial charge in [-0.05, 0) is 55.3 Å². The maximum Gasteiger partial charge on any atom is 0.344 e. The SMILES string of the molecule is COc1ccc(S(=O)(=O)N2CCCCC2)cc1NC(=O)COC(=O)COc1ccc(C=O)cc1. The van der Waals surface area contributed by atoms with Gasteiger partial charge in [0, 0.05) is 18.7 Å². The minimum Gasteiger partial charge on any atom is -0.495 e. The number of rotatable bonds is 10. The molecule has 1 saturated heterocycles. The van der Waals surface area contributed by atoms with Crippen LogP contribution in [-0.2, 0) is 24.3 Å². The summed E-state index contributed by atoms with van der Waals surface area (Å²) in [6, 6.07) is 10.3. The zero-order chi connectivity index (χ0) is 24.6. The smallest absolute Gasteiger partial charge is 0.344 e. The Morgan fingerprint density at radius 1 is 1.03 bits per heavy atom. The van der Waals surface area contributed by atoms with Gasteiger partial charge in [-0.1, -0.05) is 6.42 Å². The first-order valence-corrected chi connectivity index (χ1v) is 12.1. The molecule has 0 aromatic heterocycles. The number of nitrogens with zero attached hydrogens (tertiary/aromatic N) is 1. The van der Waals surface area contributed by atoms with Crippen molar-refractivity contribution in [2.24, 2.45) is 0 Å². The lowest BCUT2D eigenvalue weighted by molar-refractivity contribution is -0.149. The van der Waals surface area contributed by atoms with Crippen LogP contribution in [0, 0.1) is 0 Å². The quantitative estimate of drug-likeness (QED) is 0.397. The third-order valence-electron chi connectivity index (χ3n) is 5.13. The largest absolute Gasteiger partial charge is 0.495 e. The Balaban J connectivity index is 1.57. The number of nitrogens with one attached hydrogen (secondary N) is 1. The summed E-state index contributed by atoms with van der Waals surface area (Å²) in [7, 11) is -2.31. The minimum absolute atomic E-state index is 0.0384. The maximum absolute atomic E-state index is 12.9. The highest BCUT2D eigenvalue weighted by molar-refractivity contribution is 7.89. The number of carbonyl (C=O) groups excluding carboxylic acids is 3. The van der Waals surface area contributed by atoms with Gasteiger partial charge in [-0.25, -0.2) is 13.2 Å². The van der Waals surface area contributed by atoms with E-state index in [1.807, 2.05) is 0 Å². The number of amides is 1. The van der Waals surface area contributed by atoms with Crippen LogP contribution in [-0.4, -0.2) is 64.3 Å². The summed E-state index contributed by atoms with van der Waals surface area (Å²) in [6.07, 6.45) is 3.28. The highest BCUT2D eigenvalue weighted by atomic mass is 32.2. The Labute approximate surface area is 197 Å². The van der Waals surface area contributed by atoms with Gasteiger partial charge in [-0.2, -0.15) is 4.31 Å². The fourth-order valence-electron chi connectivity index (χ4n) is 3.36. The van der Waals surface area contributed by atoms with E-state index in [2.05, 4.69) is 5.32 Å². The molecule has 0 atom stereocenters. The van der Waals surface area contributed by atoms with E-state index in [1.165, 1.54) is 53.9 Å². The molecule has 1 amide bonds. The van der Waals surface area contributed by atoms with Crippen LogP contribution < -0.4 is 14.8 Å². The van der Waals surface area contributed by atoms with E-state index < -0.39 is 35.1 Å². The van der Waals surface area contributed by atoms with Gasteiger partial charge in [0.1, 0.15) is 17.8 Å². The number of piperidine rings is 1. The van der Waals surface area contributed by atoms with Gasteiger partial charge in [0.15, 0.2) is 13.2 Å². The summed E-state index contributed by atoms with van der Waals surface area (Å²) < 4.78 is 42.7. The van der Waals surface area contributed by atoms with E-state index in [-0.39, 0.29) is 16.3 Å². The second kappa shape index (κ2) is 11.6. The number of aldehydes is 1. The fraction of sp³-hybridized carbons (Fsp3) is 0.348. The molecule has 0 spiro atoms. The van der Waals surface area contributed by atoms with Crippen molar-refractivity contribution in [1.82, 2.24) is 4.31 Å². The van der Waals surface area contributed by atoms with Crippen LogP contribution in [0.3, 0.4) is 0 Å². The number of carbonyl (C=O) groups is 3. The van der Waals surface area contributed by atoms with Crippen LogP contribution in [0.4, 0.5) is 5.69 Å². The summed E-state index contributed by atoms with van der Waals surface area (Å²) >= 11 is 0. The molecule has 1 heterocycles. The lowest BCUT2D eigenvalue weighted by Crippen LogP contribution is -2.35. The van der Waals surface area contributed by atoms with Crippen molar-refractivity contribution < 1.29 is 37.0 Å². The lowest BCUT2D eigenvalue weighted by Gasteiger charge is -2.26. The van der Waals surface area contributed by atoms with Gasteiger partial charge in [0.25, 0.3) is 5.91 Å². The average molecular weight is 491 g/mol. The Morgan fingerprint density at radius 2 is 1.74 bits per heavy atom. The molecule has 182 valence electrons. The van der Waals surface area contributed by atoms with E-state index in [9.17, 15) is 22.8 Å². The van der Waals surface area contributed by atoms with Crippen molar-refractivity contribution in [3.63, 3.8) is 0 Å². The number of sulfonamides is 1. The van der Waals surface area contributed by atoms with Crippen LogP contribution >= 0.6 is 0 Å². The van der Waals surface area contributed by atoms with Gasteiger partial charge in [0.05, 0.1) is 17.7 Å². The van der Waals surface area contributed by atoms with Crippen LogP contribution in [0.2, 0.25) is 0 Å². The van der Waals surface area contributed by atoms with Crippen molar-refractivity contribution >= 4 is 33.9 Å². The lowest BCUT2D eigenvalue weighted by atomic mass is 10.2. The highest BCUT2D eigenvalue weighted by Gasteiger charge is 2.27. The van der Waals surface area contributed by atoms with E-state index in [1.54, 1.807) is 0 Å². The first-order valence-electron chi connectivity index (χ1n) is 10.6. The minimum atomic E-state index is -3.70. The third kappa shape index (κ3) is 6.55. The number of methoxy groups -OCH3 is 1. The Bertz CT molecular complexity index is 1130. The molecule has 0 bridgehead atoms. The first kappa shape index (κ1) is 25.2. The molecule has 1 aliphatic rings. The third-order valence-corrected chi connectivity index (χ3v) is 7.03. The Morgan fingerprint density at radius 3 is 2.38 bits per heavy atom. The Hall–Kier alpha value is -3.44. The molecule has 34 heavy (non-hydrogen) atoms. The second-order valence-corrected chi connectivity index (χ2v) is 9.45. The molecule has 2 aromatic rings. The number of anilines is 1. The van der Waals surface area contributed by atoms with Crippen LogP contribution in [0.15, 0.2) is 47.4 Å². The summed E-state index contributed by atoms with van der Waals surface area (Å²) in [5.74, 6) is -0.819. The molecular weight excluding hydrogens is 464 g/mol. The normalized spacial score (nSPS) is 14.1. The summed E-state index contributed by atoms with van der Waals surface area (Å²) in [5, 5.41) is 2.52. The van der Waals surface area contributed by atoms with Crippen molar-refractivity contribution in [3.05, 3.63) is 48.0 Å².